The normalized spacial score (nSPS) is 12.6. The molecule has 2 nitrogen and oxygen atoms in total. The fourth-order valence-electron chi connectivity index (χ4n) is 3.67. The van der Waals surface area contributed by atoms with Gasteiger partial charge in [-0.05, 0) is 53.6 Å². The number of alkyl halides is 6. The zero-order valence-corrected chi connectivity index (χ0v) is 19.0. The second-order valence-electron chi connectivity index (χ2n) is 7.86. The molecule has 36 heavy (non-hydrogen) atoms. The van der Waals surface area contributed by atoms with E-state index in [1.165, 1.54) is 53.2 Å². The summed E-state index contributed by atoms with van der Waals surface area (Å²) in [5.41, 5.74) is -0.491. The van der Waals surface area contributed by atoms with E-state index in [1.54, 1.807) is 6.20 Å². The number of hydrogen-bond acceptors (Lipinski definition) is 1. The average molecular weight is 523 g/mol. The van der Waals surface area contributed by atoms with Crippen LogP contribution in [0.2, 0.25) is 5.02 Å². The third kappa shape index (κ3) is 5.82. The quantitative estimate of drug-likeness (QED) is 0.157. The van der Waals surface area contributed by atoms with E-state index in [0.717, 1.165) is 30.3 Å². The smallest absolute Gasteiger partial charge is 0.310 e. The van der Waals surface area contributed by atoms with Crippen molar-refractivity contribution < 1.29 is 30.7 Å². The summed E-state index contributed by atoms with van der Waals surface area (Å²) in [4.78, 5) is 4.26. The topological polar surface area (TPSA) is 17.8 Å². The Hall–Kier alpha value is -3.53. The van der Waals surface area contributed by atoms with Crippen molar-refractivity contribution >= 4 is 36.2 Å². The van der Waals surface area contributed by atoms with Gasteiger partial charge < -0.3 is 4.57 Å². The van der Waals surface area contributed by atoms with Gasteiger partial charge >= 0.3 is 12.4 Å². The van der Waals surface area contributed by atoms with Crippen molar-refractivity contribution in [1.82, 2.24) is 9.55 Å². The van der Waals surface area contributed by atoms with Gasteiger partial charge in [0.2, 0.25) is 7.28 Å². The molecule has 0 spiro atoms. The second kappa shape index (κ2) is 9.85. The highest BCUT2D eigenvalue weighted by atomic mass is 35.5. The van der Waals surface area contributed by atoms with Crippen LogP contribution in [0.5, 0.6) is 0 Å². The van der Waals surface area contributed by atoms with Crippen LogP contribution in [-0.2, 0) is 12.4 Å². The maximum absolute atomic E-state index is 13.5. The fraction of sp³-hybridized carbons (Fsp3) is 0.0800. The van der Waals surface area contributed by atoms with E-state index >= 15 is 0 Å². The number of benzene rings is 3. The van der Waals surface area contributed by atoms with E-state index in [4.69, 9.17) is 11.6 Å². The summed E-state index contributed by atoms with van der Waals surface area (Å²) in [6.07, 6.45) is -4.84. The molecule has 0 aliphatic carbocycles. The largest absolute Gasteiger partial charge is 0.416 e. The second-order valence-corrected chi connectivity index (χ2v) is 8.26. The van der Waals surface area contributed by atoms with Crippen molar-refractivity contribution in [3.05, 3.63) is 112 Å². The Morgan fingerprint density at radius 1 is 0.861 bits per heavy atom. The Bertz CT molecular complexity index is 1420. The SMILES string of the molecule is Fc1ccc(-n2ccnc2BC(=Cc2cccc(C(F)(F)F)c2)c2cccc(C(F)(F)F)c2)c(Cl)c1. The molecule has 4 aromatic rings. The summed E-state index contributed by atoms with van der Waals surface area (Å²) >= 11 is 6.17. The van der Waals surface area contributed by atoms with Crippen LogP contribution in [0.4, 0.5) is 30.7 Å². The molecule has 0 aliphatic rings. The summed E-state index contributed by atoms with van der Waals surface area (Å²) in [5, 5.41) is 0.0803. The molecule has 4 rings (SSSR count). The van der Waals surface area contributed by atoms with Crippen LogP contribution >= 0.6 is 11.6 Å². The Morgan fingerprint density at radius 2 is 1.53 bits per heavy atom. The van der Waals surface area contributed by atoms with Gasteiger partial charge in [0.25, 0.3) is 0 Å². The van der Waals surface area contributed by atoms with E-state index in [9.17, 15) is 30.7 Å². The summed E-state index contributed by atoms with van der Waals surface area (Å²) in [6.45, 7) is 0. The van der Waals surface area contributed by atoms with E-state index in [0.29, 0.717) is 11.4 Å². The van der Waals surface area contributed by atoms with Crippen LogP contribution in [0.15, 0.2) is 79.1 Å². The molecule has 0 aliphatic heterocycles. The van der Waals surface area contributed by atoms with Gasteiger partial charge in [-0.25, -0.2) is 4.39 Å². The Morgan fingerprint density at radius 3 is 2.19 bits per heavy atom. The summed E-state index contributed by atoms with van der Waals surface area (Å²) in [7, 11) is -0.0573. The van der Waals surface area contributed by atoms with Crippen molar-refractivity contribution in [2.24, 2.45) is 0 Å². The molecule has 1 heterocycles. The zero-order chi connectivity index (χ0) is 26.1. The first-order chi connectivity index (χ1) is 16.9. The molecule has 0 radical (unpaired) electrons. The highest BCUT2D eigenvalue weighted by molar-refractivity contribution is 6.73. The third-order valence-corrected chi connectivity index (χ3v) is 5.65. The first-order valence-electron chi connectivity index (χ1n) is 10.4. The van der Waals surface area contributed by atoms with Crippen molar-refractivity contribution in [3.63, 3.8) is 0 Å². The van der Waals surface area contributed by atoms with Crippen LogP contribution in [0.3, 0.4) is 0 Å². The summed E-state index contributed by atoms with van der Waals surface area (Å²) in [6, 6.07) is 12.7. The van der Waals surface area contributed by atoms with Crippen molar-refractivity contribution in [2.75, 3.05) is 0 Å². The molecular weight excluding hydrogens is 508 g/mol. The first-order valence-corrected chi connectivity index (χ1v) is 10.8. The van der Waals surface area contributed by atoms with E-state index < -0.39 is 29.3 Å². The molecular formula is C25H15BClF7N2. The molecule has 11 heteroatoms. The molecule has 3 aromatic carbocycles. The molecule has 0 N–H and O–H groups in total. The van der Waals surface area contributed by atoms with Crippen LogP contribution in [-0.4, -0.2) is 16.8 Å². The predicted octanol–water partition coefficient (Wildman–Crippen LogP) is 6.96. The minimum absolute atomic E-state index is 0.0573. The van der Waals surface area contributed by atoms with Gasteiger partial charge in [0, 0.05) is 12.4 Å². The lowest BCUT2D eigenvalue weighted by atomic mass is 9.65. The van der Waals surface area contributed by atoms with E-state index in [2.05, 4.69) is 4.98 Å². The predicted molar refractivity (Wildman–Crippen MR) is 126 cm³/mol. The number of hydrogen-bond donors (Lipinski definition) is 0. The minimum Gasteiger partial charge on any atom is -0.310 e. The molecule has 184 valence electrons. The molecule has 0 bridgehead atoms. The van der Waals surface area contributed by atoms with Gasteiger partial charge in [0.05, 0.1) is 27.6 Å². The molecule has 0 atom stereocenters. The number of halogens is 8. The van der Waals surface area contributed by atoms with Crippen molar-refractivity contribution in [2.45, 2.75) is 12.4 Å². The van der Waals surface area contributed by atoms with E-state index in [1.807, 2.05) is 0 Å². The van der Waals surface area contributed by atoms with Gasteiger partial charge in [-0.3, -0.25) is 4.98 Å². The van der Waals surface area contributed by atoms with Crippen LogP contribution in [0.1, 0.15) is 22.3 Å². The van der Waals surface area contributed by atoms with Gasteiger partial charge in [0.15, 0.2) is 0 Å². The highest BCUT2D eigenvalue weighted by Crippen LogP contribution is 2.33. The molecule has 0 fully saturated rings. The maximum atomic E-state index is 13.5. The van der Waals surface area contributed by atoms with Gasteiger partial charge in [-0.2, -0.15) is 26.3 Å². The summed E-state index contributed by atoms with van der Waals surface area (Å²) in [5.74, 6) is -0.556. The van der Waals surface area contributed by atoms with Gasteiger partial charge in [-0.1, -0.05) is 47.4 Å². The van der Waals surface area contributed by atoms with Crippen molar-refractivity contribution in [1.29, 1.82) is 0 Å². The lowest BCUT2D eigenvalue weighted by Gasteiger charge is -2.14. The standard InChI is InChI=1S/C25H15BClF7N2/c27-21-14-19(28)7-8-22(21)36-10-9-35-23(36)26-20(16-4-2-6-18(13-16)25(32,33)34)12-15-3-1-5-17(11-15)24(29,30)31/h1-14,26H. The highest BCUT2D eigenvalue weighted by Gasteiger charge is 2.31. The molecule has 0 unspecified atom stereocenters. The number of nitrogens with zero attached hydrogens (tertiary/aromatic N) is 2. The van der Waals surface area contributed by atoms with Gasteiger partial charge in [-0.15, -0.1) is 0 Å². The molecule has 0 saturated carbocycles. The average Bonchev–Trinajstić information content (AvgIpc) is 3.26. The molecule has 1 aromatic heterocycles. The zero-order valence-electron chi connectivity index (χ0n) is 18.2. The number of aromatic nitrogens is 2. The van der Waals surface area contributed by atoms with Crippen LogP contribution < -0.4 is 5.72 Å². The number of rotatable bonds is 5. The van der Waals surface area contributed by atoms with Crippen LogP contribution in [0.25, 0.3) is 17.2 Å². The van der Waals surface area contributed by atoms with Crippen LogP contribution in [0, 0.1) is 5.82 Å². The third-order valence-electron chi connectivity index (χ3n) is 5.35. The molecule has 0 amide bonds. The van der Waals surface area contributed by atoms with Gasteiger partial charge in [0.1, 0.15) is 5.82 Å². The lowest BCUT2D eigenvalue weighted by Crippen LogP contribution is -2.27. The monoisotopic (exact) mass is 522 g/mol. The van der Waals surface area contributed by atoms with Crippen molar-refractivity contribution in [3.8, 4) is 5.69 Å². The first kappa shape index (κ1) is 25.6. The Labute approximate surface area is 206 Å². The molecule has 0 saturated heterocycles. The van der Waals surface area contributed by atoms with E-state index in [-0.39, 0.29) is 28.9 Å². The Balaban J connectivity index is 1.83. The minimum atomic E-state index is -4.61. The lowest BCUT2D eigenvalue weighted by molar-refractivity contribution is -0.138. The number of imidazole rings is 1. The summed E-state index contributed by atoms with van der Waals surface area (Å²) < 4.78 is 94.9. The Kier molecular flexibility index (Phi) is 7.00. The maximum Gasteiger partial charge on any atom is 0.416 e. The fourth-order valence-corrected chi connectivity index (χ4v) is 3.93.